The quantitative estimate of drug-likeness (QED) is 0.757. The number of primary sulfonamides is 1. The summed E-state index contributed by atoms with van der Waals surface area (Å²) in [5, 5.41) is 11.0. The fourth-order valence-corrected chi connectivity index (χ4v) is 2.75. The van der Waals surface area contributed by atoms with Crippen LogP contribution in [0.25, 0.3) is 0 Å². The van der Waals surface area contributed by atoms with Gasteiger partial charge in [-0.2, -0.15) is 0 Å². The van der Waals surface area contributed by atoms with E-state index < -0.39 is 21.7 Å². The van der Waals surface area contributed by atoms with Crippen molar-refractivity contribution in [3.8, 4) is 0 Å². The first-order valence-electron chi connectivity index (χ1n) is 7.26. The van der Waals surface area contributed by atoms with Crippen molar-refractivity contribution in [2.45, 2.75) is 51.2 Å². The Kier molecular flexibility index (Phi) is 6.01. The monoisotopic (exact) mass is 343 g/mol. The van der Waals surface area contributed by atoms with E-state index in [2.05, 4.69) is 10.6 Å². The molecule has 0 aliphatic heterocycles. The van der Waals surface area contributed by atoms with Crippen LogP contribution in [0.3, 0.4) is 0 Å². The minimum absolute atomic E-state index is 0.0785. The maximum Gasteiger partial charge on any atom is 0.407 e. The summed E-state index contributed by atoms with van der Waals surface area (Å²) in [6.45, 7) is 9.23. The number of nitrogens with one attached hydrogen (secondary N) is 2. The van der Waals surface area contributed by atoms with Crippen LogP contribution >= 0.6 is 0 Å². The maximum atomic E-state index is 11.6. The lowest BCUT2D eigenvalue weighted by atomic mass is 10.2. The molecule has 4 N–H and O–H groups in total. The molecule has 0 bridgehead atoms. The molecular formula is C15H25N3O4S. The Bertz CT molecular complexity index is 666. The van der Waals surface area contributed by atoms with Crippen molar-refractivity contribution in [1.82, 2.24) is 5.32 Å². The summed E-state index contributed by atoms with van der Waals surface area (Å²) >= 11 is 0. The zero-order valence-electron chi connectivity index (χ0n) is 14.1. The van der Waals surface area contributed by atoms with Gasteiger partial charge in [-0.25, -0.2) is 18.4 Å². The molecule has 1 atom stereocenters. The lowest BCUT2D eigenvalue weighted by Crippen LogP contribution is -2.38. The van der Waals surface area contributed by atoms with E-state index in [-0.39, 0.29) is 10.9 Å². The number of hydrogen-bond acceptors (Lipinski definition) is 5. The fourth-order valence-electron chi connectivity index (χ4n) is 1.95. The molecule has 1 amide bonds. The third-order valence-corrected chi connectivity index (χ3v) is 4.00. The van der Waals surface area contributed by atoms with Crippen molar-refractivity contribution in [2.75, 3.05) is 11.9 Å². The standard InChI is InChI=1S/C15H25N3O4S/c1-10(9-17-14(19)22-15(3,4)5)18-12-7-6-8-13(11(12)2)23(16,20)21/h6-8,10,18H,9H2,1-5H3,(H,17,19)(H2,16,20,21). The molecule has 1 aromatic rings. The van der Waals surface area contributed by atoms with E-state index in [0.717, 1.165) is 0 Å². The second-order valence-corrected chi connectivity index (χ2v) is 7.93. The predicted octanol–water partition coefficient (Wildman–Crippen LogP) is 1.97. The Hall–Kier alpha value is -1.80. The van der Waals surface area contributed by atoms with Gasteiger partial charge in [-0.1, -0.05) is 6.07 Å². The molecule has 0 fully saturated rings. The summed E-state index contributed by atoms with van der Waals surface area (Å²) in [6.07, 6.45) is -0.499. The number of nitrogens with two attached hydrogens (primary N) is 1. The van der Waals surface area contributed by atoms with Crippen LogP contribution in [0.4, 0.5) is 10.5 Å². The van der Waals surface area contributed by atoms with Crippen molar-refractivity contribution in [2.24, 2.45) is 5.14 Å². The van der Waals surface area contributed by atoms with E-state index in [1.54, 1.807) is 39.8 Å². The van der Waals surface area contributed by atoms with E-state index in [9.17, 15) is 13.2 Å². The first-order chi connectivity index (χ1) is 10.4. The van der Waals surface area contributed by atoms with Crippen molar-refractivity contribution in [3.63, 3.8) is 0 Å². The van der Waals surface area contributed by atoms with Crippen LogP contribution in [0.15, 0.2) is 23.1 Å². The first kappa shape index (κ1) is 19.2. The predicted molar refractivity (Wildman–Crippen MR) is 89.9 cm³/mol. The smallest absolute Gasteiger partial charge is 0.407 e. The van der Waals surface area contributed by atoms with Gasteiger partial charge in [0.15, 0.2) is 0 Å². The van der Waals surface area contributed by atoms with Gasteiger partial charge in [0.1, 0.15) is 5.60 Å². The molecule has 0 aromatic heterocycles. The van der Waals surface area contributed by atoms with Crippen LogP contribution < -0.4 is 15.8 Å². The molecule has 130 valence electrons. The molecule has 1 rings (SSSR count). The highest BCUT2D eigenvalue weighted by Crippen LogP contribution is 2.22. The molecule has 0 aliphatic carbocycles. The van der Waals surface area contributed by atoms with Gasteiger partial charge < -0.3 is 15.4 Å². The molecule has 23 heavy (non-hydrogen) atoms. The number of rotatable bonds is 5. The number of alkyl carbamates (subject to hydrolysis) is 1. The van der Waals surface area contributed by atoms with Gasteiger partial charge in [0.2, 0.25) is 10.0 Å². The largest absolute Gasteiger partial charge is 0.444 e. The average Bonchev–Trinajstić information content (AvgIpc) is 2.35. The Labute approximate surface area is 137 Å². The van der Waals surface area contributed by atoms with Crippen LogP contribution in [0, 0.1) is 6.92 Å². The van der Waals surface area contributed by atoms with Crippen LogP contribution in [0.5, 0.6) is 0 Å². The SMILES string of the molecule is Cc1c(NC(C)CNC(=O)OC(C)(C)C)cccc1S(N)(=O)=O. The third-order valence-electron chi connectivity index (χ3n) is 2.94. The lowest BCUT2D eigenvalue weighted by Gasteiger charge is -2.22. The molecule has 7 nitrogen and oxygen atoms in total. The first-order valence-corrected chi connectivity index (χ1v) is 8.80. The second-order valence-electron chi connectivity index (χ2n) is 6.40. The van der Waals surface area contributed by atoms with Gasteiger partial charge in [-0.05, 0) is 52.3 Å². The van der Waals surface area contributed by atoms with Gasteiger partial charge in [-0.15, -0.1) is 0 Å². The molecule has 0 aliphatic rings. The van der Waals surface area contributed by atoms with Crippen molar-refractivity contribution < 1.29 is 17.9 Å². The minimum Gasteiger partial charge on any atom is -0.444 e. The Balaban J connectivity index is 2.69. The molecule has 1 unspecified atom stereocenters. The highest BCUT2D eigenvalue weighted by molar-refractivity contribution is 7.89. The van der Waals surface area contributed by atoms with Gasteiger partial charge in [-0.3, -0.25) is 0 Å². The van der Waals surface area contributed by atoms with E-state index in [0.29, 0.717) is 17.8 Å². The Morgan fingerprint density at radius 3 is 2.48 bits per heavy atom. The summed E-state index contributed by atoms with van der Waals surface area (Å²) in [4.78, 5) is 11.7. The summed E-state index contributed by atoms with van der Waals surface area (Å²) in [5.74, 6) is 0. The van der Waals surface area contributed by atoms with Crippen LogP contribution in [0.1, 0.15) is 33.3 Å². The van der Waals surface area contributed by atoms with E-state index in [1.165, 1.54) is 6.07 Å². The molecule has 0 heterocycles. The number of carbonyl (C=O) groups is 1. The minimum atomic E-state index is -3.77. The zero-order valence-corrected chi connectivity index (χ0v) is 15.0. The molecular weight excluding hydrogens is 318 g/mol. The highest BCUT2D eigenvalue weighted by atomic mass is 32.2. The van der Waals surface area contributed by atoms with Gasteiger partial charge in [0.05, 0.1) is 4.90 Å². The summed E-state index contributed by atoms with van der Waals surface area (Å²) in [6, 6.07) is 4.70. The van der Waals surface area contributed by atoms with E-state index in [1.807, 2.05) is 6.92 Å². The summed E-state index contributed by atoms with van der Waals surface area (Å²) in [5.41, 5.74) is 0.635. The van der Waals surface area contributed by atoms with E-state index in [4.69, 9.17) is 9.88 Å². The normalized spacial score (nSPS) is 13.3. The maximum absolute atomic E-state index is 11.6. The molecule has 1 aromatic carbocycles. The Morgan fingerprint density at radius 2 is 1.96 bits per heavy atom. The molecule has 0 spiro atoms. The summed E-state index contributed by atoms with van der Waals surface area (Å²) < 4.78 is 28.2. The number of ether oxygens (including phenoxy) is 1. The van der Waals surface area contributed by atoms with Crippen molar-refractivity contribution in [1.29, 1.82) is 0 Å². The second kappa shape index (κ2) is 7.18. The number of anilines is 1. The molecule has 0 saturated carbocycles. The number of sulfonamides is 1. The van der Waals surface area contributed by atoms with Crippen molar-refractivity contribution >= 4 is 21.8 Å². The van der Waals surface area contributed by atoms with Gasteiger partial charge in [0.25, 0.3) is 0 Å². The fraction of sp³-hybridized carbons (Fsp3) is 0.533. The Morgan fingerprint density at radius 1 is 1.35 bits per heavy atom. The third kappa shape index (κ3) is 6.45. The zero-order chi connectivity index (χ0) is 17.8. The van der Waals surface area contributed by atoms with E-state index >= 15 is 0 Å². The van der Waals surface area contributed by atoms with Gasteiger partial charge in [0, 0.05) is 18.3 Å². The molecule has 8 heteroatoms. The van der Waals surface area contributed by atoms with Crippen molar-refractivity contribution in [3.05, 3.63) is 23.8 Å². The molecule has 0 radical (unpaired) electrons. The number of hydrogen-bond donors (Lipinski definition) is 3. The topological polar surface area (TPSA) is 111 Å². The number of carbonyl (C=O) groups excluding carboxylic acids is 1. The highest BCUT2D eigenvalue weighted by Gasteiger charge is 2.17. The van der Waals surface area contributed by atoms with Crippen LogP contribution in [-0.4, -0.2) is 32.7 Å². The average molecular weight is 343 g/mol. The number of benzene rings is 1. The molecule has 0 saturated heterocycles. The number of amides is 1. The van der Waals surface area contributed by atoms with Crippen LogP contribution in [-0.2, 0) is 14.8 Å². The van der Waals surface area contributed by atoms with Gasteiger partial charge >= 0.3 is 6.09 Å². The summed E-state index contributed by atoms with van der Waals surface area (Å²) in [7, 11) is -3.77. The lowest BCUT2D eigenvalue weighted by molar-refractivity contribution is 0.0526. The van der Waals surface area contributed by atoms with Crippen LogP contribution in [0.2, 0.25) is 0 Å².